The van der Waals surface area contributed by atoms with Gasteiger partial charge in [-0.15, -0.1) is 0 Å². The molecule has 0 aliphatic carbocycles. The van der Waals surface area contributed by atoms with Crippen LogP contribution < -0.4 is 9.64 Å². The van der Waals surface area contributed by atoms with E-state index in [9.17, 15) is 14.4 Å². The first-order chi connectivity index (χ1) is 12.7. The minimum atomic E-state index is -1.08. The van der Waals surface area contributed by atoms with E-state index in [2.05, 4.69) is 0 Å². The Balaban J connectivity index is 2.18. The number of aliphatic carboxylic acids is 1. The minimum absolute atomic E-state index is 0.0204. The maximum Gasteiger partial charge on any atom is 0.323 e. The number of amides is 2. The highest BCUT2D eigenvalue weighted by molar-refractivity contribution is 6.31. The summed E-state index contributed by atoms with van der Waals surface area (Å²) in [7, 11) is 5.18. The first-order valence-corrected chi connectivity index (χ1v) is 8.90. The number of likely N-dealkylation sites (N-methyl/N-ethyl adjacent to an activating group) is 1. The molecule has 2 rings (SSSR count). The first kappa shape index (κ1) is 21.0. The van der Waals surface area contributed by atoms with Gasteiger partial charge in [-0.05, 0) is 32.3 Å². The van der Waals surface area contributed by atoms with Crippen LogP contribution in [0.3, 0.4) is 0 Å². The van der Waals surface area contributed by atoms with E-state index in [1.807, 2.05) is 19.0 Å². The topological polar surface area (TPSA) is 90.4 Å². The fraction of sp³-hybridized carbons (Fsp3) is 0.500. The quantitative estimate of drug-likeness (QED) is 0.708. The third kappa shape index (κ3) is 5.33. The Morgan fingerprint density at radius 2 is 2.04 bits per heavy atom. The van der Waals surface area contributed by atoms with Crippen LogP contribution in [0.2, 0.25) is 5.02 Å². The van der Waals surface area contributed by atoms with Gasteiger partial charge in [0.05, 0.1) is 18.7 Å². The molecule has 1 heterocycles. The van der Waals surface area contributed by atoms with Crippen LogP contribution in [0, 0.1) is 5.92 Å². The molecule has 0 bridgehead atoms. The number of methoxy groups -OCH3 is 1. The summed E-state index contributed by atoms with van der Waals surface area (Å²) in [5.41, 5.74) is 0.503. The Bertz CT molecular complexity index is 725. The molecule has 1 unspecified atom stereocenters. The number of halogens is 1. The Hall–Kier alpha value is -2.32. The van der Waals surface area contributed by atoms with Gasteiger partial charge in [0.15, 0.2) is 0 Å². The summed E-state index contributed by atoms with van der Waals surface area (Å²) in [5.74, 6) is -1.77. The van der Waals surface area contributed by atoms with Gasteiger partial charge in [-0.3, -0.25) is 14.4 Å². The predicted molar refractivity (Wildman–Crippen MR) is 101 cm³/mol. The summed E-state index contributed by atoms with van der Waals surface area (Å²) >= 11 is 6.04. The third-order valence-corrected chi connectivity index (χ3v) is 4.60. The van der Waals surface area contributed by atoms with Crippen LogP contribution in [0.1, 0.15) is 6.42 Å². The number of nitrogens with zero attached hydrogens (tertiary/aromatic N) is 3. The molecular formula is C18H24ClN3O5. The number of hydrogen-bond donors (Lipinski definition) is 1. The smallest absolute Gasteiger partial charge is 0.323 e. The number of ether oxygens (including phenoxy) is 1. The van der Waals surface area contributed by atoms with Gasteiger partial charge in [-0.2, -0.15) is 0 Å². The Morgan fingerprint density at radius 3 is 2.63 bits per heavy atom. The zero-order valence-corrected chi connectivity index (χ0v) is 16.4. The number of anilines is 1. The van der Waals surface area contributed by atoms with Crippen LogP contribution in [0.4, 0.5) is 5.69 Å². The van der Waals surface area contributed by atoms with Gasteiger partial charge in [0.25, 0.3) is 0 Å². The molecule has 1 aliphatic rings. The van der Waals surface area contributed by atoms with Crippen molar-refractivity contribution in [3.8, 4) is 5.75 Å². The van der Waals surface area contributed by atoms with Crippen molar-refractivity contribution in [3.63, 3.8) is 0 Å². The molecule has 2 amide bonds. The summed E-state index contributed by atoms with van der Waals surface area (Å²) in [5, 5.41) is 9.56. The standard InChI is InChI=1S/C18H24ClN3O5/c1-20(2)6-7-21(11-17(24)25)18(26)12-8-16(23)22(10-12)14-9-13(19)4-5-15(14)27-3/h4-5,9,12H,6-8,10-11H2,1-3H3,(H,24,25). The molecule has 148 valence electrons. The van der Waals surface area contributed by atoms with Gasteiger partial charge in [0.2, 0.25) is 11.8 Å². The molecule has 1 atom stereocenters. The number of carbonyl (C=O) groups excluding carboxylic acids is 2. The van der Waals surface area contributed by atoms with Crippen molar-refractivity contribution >= 4 is 35.1 Å². The number of hydrogen-bond acceptors (Lipinski definition) is 5. The van der Waals surface area contributed by atoms with Crippen LogP contribution in [-0.2, 0) is 14.4 Å². The summed E-state index contributed by atoms with van der Waals surface area (Å²) in [6.45, 7) is 0.582. The number of carboxylic acid groups (broad SMARTS) is 1. The van der Waals surface area contributed by atoms with Crippen molar-refractivity contribution < 1.29 is 24.2 Å². The number of benzene rings is 1. The zero-order valence-electron chi connectivity index (χ0n) is 15.6. The van der Waals surface area contributed by atoms with E-state index in [1.165, 1.54) is 16.9 Å². The summed E-state index contributed by atoms with van der Waals surface area (Å²) < 4.78 is 5.29. The van der Waals surface area contributed by atoms with Crippen molar-refractivity contribution in [1.29, 1.82) is 0 Å². The van der Waals surface area contributed by atoms with Gasteiger partial charge in [0.1, 0.15) is 12.3 Å². The van der Waals surface area contributed by atoms with Crippen molar-refractivity contribution in [2.45, 2.75) is 6.42 Å². The van der Waals surface area contributed by atoms with Gasteiger partial charge in [-0.1, -0.05) is 11.6 Å². The molecule has 1 aromatic carbocycles. The molecule has 27 heavy (non-hydrogen) atoms. The SMILES string of the molecule is COc1ccc(Cl)cc1N1CC(C(=O)N(CCN(C)C)CC(=O)O)CC1=O. The number of carboxylic acids is 1. The average molecular weight is 398 g/mol. The van der Waals surface area contributed by atoms with E-state index in [1.54, 1.807) is 18.2 Å². The van der Waals surface area contributed by atoms with Gasteiger partial charge in [0, 0.05) is 31.1 Å². The molecule has 0 saturated carbocycles. The molecular weight excluding hydrogens is 374 g/mol. The van der Waals surface area contributed by atoms with Gasteiger partial charge >= 0.3 is 5.97 Å². The monoisotopic (exact) mass is 397 g/mol. The van der Waals surface area contributed by atoms with Crippen LogP contribution in [0.25, 0.3) is 0 Å². The van der Waals surface area contributed by atoms with Gasteiger partial charge in [-0.25, -0.2) is 0 Å². The zero-order chi connectivity index (χ0) is 20.1. The largest absolute Gasteiger partial charge is 0.495 e. The summed E-state index contributed by atoms with van der Waals surface area (Å²) in [6, 6.07) is 4.93. The lowest BCUT2D eigenvalue weighted by atomic mass is 10.1. The summed E-state index contributed by atoms with van der Waals surface area (Å²) in [4.78, 5) is 41.1. The fourth-order valence-corrected chi connectivity index (χ4v) is 3.16. The van der Waals surface area contributed by atoms with E-state index in [0.29, 0.717) is 23.0 Å². The number of carbonyl (C=O) groups is 3. The minimum Gasteiger partial charge on any atom is -0.495 e. The molecule has 1 N–H and O–H groups in total. The second-order valence-corrected chi connectivity index (χ2v) is 7.11. The first-order valence-electron chi connectivity index (χ1n) is 8.52. The second kappa shape index (κ2) is 9.05. The Labute approximate surface area is 163 Å². The van der Waals surface area contributed by atoms with E-state index in [0.717, 1.165) is 0 Å². The normalized spacial score (nSPS) is 16.7. The molecule has 1 aliphatic heterocycles. The molecule has 1 saturated heterocycles. The average Bonchev–Trinajstić information content (AvgIpc) is 2.99. The molecule has 0 radical (unpaired) electrons. The van der Waals surface area contributed by atoms with E-state index in [-0.39, 0.29) is 31.3 Å². The highest BCUT2D eigenvalue weighted by atomic mass is 35.5. The highest BCUT2D eigenvalue weighted by Gasteiger charge is 2.38. The molecule has 9 heteroatoms. The lowest BCUT2D eigenvalue weighted by Crippen LogP contribution is -2.43. The lowest BCUT2D eigenvalue weighted by molar-refractivity contribution is -0.146. The van der Waals surface area contributed by atoms with Crippen molar-refractivity contribution in [3.05, 3.63) is 23.2 Å². The predicted octanol–water partition coefficient (Wildman–Crippen LogP) is 1.18. The fourth-order valence-electron chi connectivity index (χ4n) is 2.99. The van der Waals surface area contributed by atoms with E-state index in [4.69, 9.17) is 21.4 Å². The third-order valence-electron chi connectivity index (χ3n) is 4.36. The molecule has 8 nitrogen and oxygen atoms in total. The van der Waals surface area contributed by atoms with Crippen LogP contribution in [0.15, 0.2) is 18.2 Å². The van der Waals surface area contributed by atoms with E-state index >= 15 is 0 Å². The molecule has 0 spiro atoms. The van der Waals surface area contributed by atoms with E-state index < -0.39 is 18.4 Å². The second-order valence-electron chi connectivity index (χ2n) is 6.68. The molecule has 1 aromatic rings. The Morgan fingerprint density at radius 1 is 1.33 bits per heavy atom. The van der Waals surface area contributed by atoms with Crippen LogP contribution in [0.5, 0.6) is 5.75 Å². The Kier molecular flexibility index (Phi) is 7.04. The highest BCUT2D eigenvalue weighted by Crippen LogP contribution is 2.35. The van der Waals surface area contributed by atoms with Crippen molar-refractivity contribution in [1.82, 2.24) is 9.80 Å². The van der Waals surface area contributed by atoms with Crippen LogP contribution in [-0.4, -0.2) is 80.1 Å². The maximum absolute atomic E-state index is 12.8. The molecule has 0 aromatic heterocycles. The van der Waals surface area contributed by atoms with Crippen molar-refractivity contribution in [2.75, 3.05) is 52.3 Å². The lowest BCUT2D eigenvalue weighted by Gasteiger charge is -2.25. The maximum atomic E-state index is 12.8. The van der Waals surface area contributed by atoms with Crippen LogP contribution >= 0.6 is 11.6 Å². The molecule has 1 fully saturated rings. The van der Waals surface area contributed by atoms with Crippen molar-refractivity contribution in [2.24, 2.45) is 5.92 Å². The van der Waals surface area contributed by atoms with Gasteiger partial charge < -0.3 is 24.5 Å². The number of rotatable bonds is 8. The summed E-state index contributed by atoms with van der Waals surface area (Å²) in [6.07, 6.45) is 0.0204.